The normalized spacial score (nSPS) is 25.6. The average Bonchev–Trinajstić information content (AvgIpc) is 2.46. The smallest absolute Gasteiger partial charge is 0.0816 e. The molecule has 1 aliphatic rings. The summed E-state index contributed by atoms with van der Waals surface area (Å²) in [5.74, 6) is 0.616. The molecule has 0 saturated carbocycles. The van der Waals surface area contributed by atoms with Crippen LogP contribution in [0.3, 0.4) is 0 Å². The number of piperidine rings is 1. The maximum absolute atomic E-state index is 10.3. The zero-order valence-corrected chi connectivity index (χ0v) is 13.0. The van der Waals surface area contributed by atoms with Crippen molar-refractivity contribution < 1.29 is 9.84 Å². The van der Waals surface area contributed by atoms with E-state index in [4.69, 9.17) is 16.3 Å². The SMILES string of the molecule is COC1CN(CCC(O)c2ccccc2Cl)CCC1C. The van der Waals surface area contributed by atoms with Crippen LogP contribution in [0.2, 0.25) is 5.02 Å². The number of halogens is 1. The van der Waals surface area contributed by atoms with Crippen LogP contribution in [0.25, 0.3) is 0 Å². The number of benzene rings is 1. The van der Waals surface area contributed by atoms with Gasteiger partial charge in [0, 0.05) is 25.2 Å². The molecule has 1 saturated heterocycles. The van der Waals surface area contributed by atoms with Gasteiger partial charge < -0.3 is 14.7 Å². The number of ether oxygens (including phenoxy) is 1. The molecule has 0 aliphatic carbocycles. The summed E-state index contributed by atoms with van der Waals surface area (Å²) in [6.07, 6.45) is 1.67. The maximum atomic E-state index is 10.3. The number of nitrogens with zero attached hydrogens (tertiary/aromatic N) is 1. The predicted octanol–water partition coefficient (Wildman–Crippen LogP) is 3.12. The largest absolute Gasteiger partial charge is 0.388 e. The second-order valence-electron chi connectivity index (χ2n) is 5.67. The van der Waals surface area contributed by atoms with E-state index < -0.39 is 6.10 Å². The lowest BCUT2D eigenvalue weighted by molar-refractivity contribution is -0.00867. The highest BCUT2D eigenvalue weighted by Crippen LogP contribution is 2.26. The number of likely N-dealkylation sites (tertiary alicyclic amines) is 1. The zero-order chi connectivity index (χ0) is 14.5. The lowest BCUT2D eigenvalue weighted by Crippen LogP contribution is -2.44. The van der Waals surface area contributed by atoms with E-state index >= 15 is 0 Å². The molecule has 20 heavy (non-hydrogen) atoms. The Morgan fingerprint density at radius 1 is 1.45 bits per heavy atom. The second kappa shape index (κ2) is 7.41. The Balaban J connectivity index is 1.85. The molecule has 3 unspecified atom stereocenters. The molecule has 1 aliphatic heterocycles. The van der Waals surface area contributed by atoms with Crippen molar-refractivity contribution in [3.05, 3.63) is 34.9 Å². The van der Waals surface area contributed by atoms with Crippen LogP contribution in [0.1, 0.15) is 31.4 Å². The summed E-state index contributed by atoms with van der Waals surface area (Å²) in [5, 5.41) is 10.9. The standard InChI is InChI=1S/C16H24ClNO2/c1-12-7-9-18(11-16(12)20-2)10-8-15(19)13-5-3-4-6-14(13)17/h3-6,12,15-16,19H,7-11H2,1-2H3. The number of hydrogen-bond acceptors (Lipinski definition) is 3. The Kier molecular flexibility index (Phi) is 5.85. The van der Waals surface area contributed by atoms with Crippen LogP contribution >= 0.6 is 11.6 Å². The van der Waals surface area contributed by atoms with Crippen LogP contribution in [0.15, 0.2) is 24.3 Å². The van der Waals surface area contributed by atoms with Crippen molar-refractivity contribution in [3.63, 3.8) is 0 Å². The summed E-state index contributed by atoms with van der Waals surface area (Å²) in [7, 11) is 1.78. The van der Waals surface area contributed by atoms with E-state index in [1.54, 1.807) is 7.11 Å². The minimum atomic E-state index is -0.496. The molecule has 0 aromatic heterocycles. The monoisotopic (exact) mass is 297 g/mol. The number of aliphatic hydroxyl groups is 1. The topological polar surface area (TPSA) is 32.7 Å². The zero-order valence-electron chi connectivity index (χ0n) is 12.3. The van der Waals surface area contributed by atoms with Gasteiger partial charge in [0.1, 0.15) is 0 Å². The molecule has 112 valence electrons. The Labute approximate surface area is 126 Å². The van der Waals surface area contributed by atoms with Crippen molar-refractivity contribution in [1.82, 2.24) is 4.90 Å². The fraction of sp³-hybridized carbons (Fsp3) is 0.625. The summed E-state index contributed by atoms with van der Waals surface area (Å²) >= 11 is 6.11. The Morgan fingerprint density at radius 3 is 2.90 bits per heavy atom. The van der Waals surface area contributed by atoms with Crippen LogP contribution in [0, 0.1) is 5.92 Å². The summed E-state index contributed by atoms with van der Waals surface area (Å²) in [6.45, 7) is 5.15. The van der Waals surface area contributed by atoms with Gasteiger partial charge in [0.05, 0.1) is 12.2 Å². The molecule has 4 heteroatoms. The van der Waals surface area contributed by atoms with Crippen LogP contribution in [0.4, 0.5) is 0 Å². The predicted molar refractivity (Wildman–Crippen MR) is 82.0 cm³/mol. The molecule has 0 bridgehead atoms. The molecule has 0 amide bonds. The summed E-state index contributed by atoms with van der Waals surface area (Å²) in [6, 6.07) is 7.51. The number of rotatable bonds is 5. The van der Waals surface area contributed by atoms with Crippen molar-refractivity contribution in [2.45, 2.75) is 32.0 Å². The van der Waals surface area contributed by atoms with Crippen molar-refractivity contribution in [2.75, 3.05) is 26.7 Å². The number of aliphatic hydroxyl groups excluding tert-OH is 1. The molecule has 1 aromatic carbocycles. The van der Waals surface area contributed by atoms with Crippen molar-refractivity contribution in [3.8, 4) is 0 Å². The lowest BCUT2D eigenvalue weighted by atomic mass is 9.95. The highest BCUT2D eigenvalue weighted by atomic mass is 35.5. The van der Waals surface area contributed by atoms with Crippen molar-refractivity contribution in [2.24, 2.45) is 5.92 Å². The third-order valence-corrected chi connectivity index (χ3v) is 4.60. The molecule has 1 heterocycles. The molecular formula is C16H24ClNO2. The van der Waals surface area contributed by atoms with E-state index in [1.807, 2.05) is 24.3 Å². The molecule has 0 spiro atoms. The Bertz CT molecular complexity index is 427. The summed E-state index contributed by atoms with van der Waals surface area (Å²) < 4.78 is 5.52. The number of hydrogen-bond donors (Lipinski definition) is 1. The minimum absolute atomic E-state index is 0.307. The molecule has 0 radical (unpaired) electrons. The highest BCUT2D eigenvalue weighted by molar-refractivity contribution is 6.31. The third kappa shape index (κ3) is 3.95. The third-order valence-electron chi connectivity index (χ3n) is 4.26. The van der Waals surface area contributed by atoms with E-state index in [9.17, 15) is 5.11 Å². The Morgan fingerprint density at radius 2 is 2.20 bits per heavy atom. The van der Waals surface area contributed by atoms with Gasteiger partial charge in [-0.15, -0.1) is 0 Å². The molecule has 1 aromatic rings. The second-order valence-corrected chi connectivity index (χ2v) is 6.07. The van der Waals surface area contributed by atoms with Gasteiger partial charge >= 0.3 is 0 Å². The van der Waals surface area contributed by atoms with E-state index in [1.165, 1.54) is 0 Å². The lowest BCUT2D eigenvalue weighted by Gasteiger charge is -2.36. The summed E-state index contributed by atoms with van der Waals surface area (Å²) in [4.78, 5) is 2.37. The fourth-order valence-electron chi connectivity index (χ4n) is 2.81. The van der Waals surface area contributed by atoms with Gasteiger partial charge in [-0.25, -0.2) is 0 Å². The van der Waals surface area contributed by atoms with Crippen LogP contribution in [-0.2, 0) is 4.74 Å². The van der Waals surface area contributed by atoms with Crippen molar-refractivity contribution in [1.29, 1.82) is 0 Å². The maximum Gasteiger partial charge on any atom is 0.0816 e. The van der Waals surface area contributed by atoms with Gasteiger partial charge in [-0.1, -0.05) is 36.7 Å². The van der Waals surface area contributed by atoms with Gasteiger partial charge in [-0.05, 0) is 36.9 Å². The van der Waals surface area contributed by atoms with E-state index in [2.05, 4.69) is 11.8 Å². The quantitative estimate of drug-likeness (QED) is 0.906. The van der Waals surface area contributed by atoms with Crippen molar-refractivity contribution >= 4 is 11.6 Å². The minimum Gasteiger partial charge on any atom is -0.388 e. The molecule has 1 fully saturated rings. The van der Waals surface area contributed by atoms with Crippen LogP contribution < -0.4 is 0 Å². The molecule has 2 rings (SSSR count). The van der Waals surface area contributed by atoms with E-state index in [-0.39, 0.29) is 0 Å². The van der Waals surface area contributed by atoms with Gasteiger partial charge in [0.25, 0.3) is 0 Å². The molecular weight excluding hydrogens is 274 g/mol. The first-order valence-corrected chi connectivity index (χ1v) is 7.67. The van der Waals surface area contributed by atoms with Gasteiger partial charge in [0.2, 0.25) is 0 Å². The highest BCUT2D eigenvalue weighted by Gasteiger charge is 2.26. The molecule has 3 nitrogen and oxygen atoms in total. The summed E-state index contributed by atoms with van der Waals surface area (Å²) in [5.41, 5.74) is 0.822. The van der Waals surface area contributed by atoms with Crippen LogP contribution in [0.5, 0.6) is 0 Å². The Hall–Kier alpha value is -0.610. The first kappa shape index (κ1) is 15.8. The van der Waals surface area contributed by atoms with E-state index in [0.29, 0.717) is 23.5 Å². The van der Waals surface area contributed by atoms with Gasteiger partial charge in [0.15, 0.2) is 0 Å². The first-order valence-electron chi connectivity index (χ1n) is 7.29. The fourth-order valence-corrected chi connectivity index (χ4v) is 3.08. The number of methoxy groups -OCH3 is 1. The molecule has 3 atom stereocenters. The first-order chi connectivity index (χ1) is 9.61. The van der Waals surface area contributed by atoms with Crippen LogP contribution in [-0.4, -0.2) is 42.9 Å². The van der Waals surface area contributed by atoms with Gasteiger partial charge in [-0.3, -0.25) is 0 Å². The van der Waals surface area contributed by atoms with E-state index in [0.717, 1.165) is 31.6 Å². The van der Waals surface area contributed by atoms with Gasteiger partial charge in [-0.2, -0.15) is 0 Å². The molecule has 1 N–H and O–H groups in total. The average molecular weight is 298 g/mol.